The van der Waals surface area contributed by atoms with Gasteiger partial charge in [-0.25, -0.2) is 0 Å². The van der Waals surface area contributed by atoms with Gasteiger partial charge in [-0.1, -0.05) is 36.4 Å². The average molecular weight is 355 g/mol. The Balaban J connectivity index is 1.51. The van der Waals surface area contributed by atoms with Crippen molar-refractivity contribution in [3.63, 3.8) is 0 Å². The van der Waals surface area contributed by atoms with E-state index >= 15 is 0 Å². The van der Waals surface area contributed by atoms with Crippen LogP contribution in [-0.2, 0) is 9.59 Å². The summed E-state index contributed by atoms with van der Waals surface area (Å²) in [5, 5.41) is 11.5. The number of piperidine rings is 1. The number of likely N-dealkylation sites (tertiary alicyclic amines) is 1. The molecule has 0 saturated carbocycles. The number of fused-ring (bicyclic) bond motifs is 1. The summed E-state index contributed by atoms with van der Waals surface area (Å²) in [6, 6.07) is 13.7. The van der Waals surface area contributed by atoms with Gasteiger partial charge in [0.15, 0.2) is 0 Å². The molecule has 0 aliphatic carbocycles. The number of benzene rings is 2. The van der Waals surface area contributed by atoms with Gasteiger partial charge in [0, 0.05) is 24.4 Å². The quantitative estimate of drug-likeness (QED) is 0.802. The van der Waals surface area contributed by atoms with Crippen molar-refractivity contribution < 1.29 is 19.4 Å². The monoisotopic (exact) mass is 355 g/mol. The fourth-order valence-electron chi connectivity index (χ4n) is 3.70. The Hall–Kier alpha value is -2.56. The predicted molar refractivity (Wildman–Crippen MR) is 100 cm³/mol. The van der Waals surface area contributed by atoms with Crippen molar-refractivity contribution in [2.45, 2.75) is 38.6 Å². The molecule has 5 heteroatoms. The maximum Gasteiger partial charge on any atom is 0.308 e. The maximum atomic E-state index is 12.5. The number of carbonyl (C=O) groups excluding carboxylic acids is 1. The molecule has 0 aromatic heterocycles. The molecule has 1 aliphatic heterocycles. The highest BCUT2D eigenvalue weighted by Crippen LogP contribution is 2.26. The van der Waals surface area contributed by atoms with Gasteiger partial charge < -0.3 is 14.7 Å². The number of aliphatic carboxylic acids is 1. The summed E-state index contributed by atoms with van der Waals surface area (Å²) in [4.78, 5) is 25.5. The Morgan fingerprint density at radius 1 is 1.19 bits per heavy atom. The van der Waals surface area contributed by atoms with Crippen molar-refractivity contribution in [1.29, 1.82) is 0 Å². The van der Waals surface area contributed by atoms with Crippen LogP contribution < -0.4 is 4.74 Å². The van der Waals surface area contributed by atoms with E-state index in [1.165, 1.54) is 0 Å². The lowest BCUT2D eigenvalue weighted by atomic mass is 9.90. The largest absolute Gasteiger partial charge is 0.493 e. The molecule has 0 spiro atoms. The zero-order valence-electron chi connectivity index (χ0n) is 15.1. The Morgan fingerprint density at radius 3 is 2.77 bits per heavy atom. The lowest BCUT2D eigenvalue weighted by Gasteiger charge is -2.37. The van der Waals surface area contributed by atoms with E-state index in [1.807, 2.05) is 49.4 Å². The topological polar surface area (TPSA) is 66.8 Å². The van der Waals surface area contributed by atoms with Gasteiger partial charge in [-0.2, -0.15) is 0 Å². The molecule has 2 atom stereocenters. The van der Waals surface area contributed by atoms with E-state index in [0.717, 1.165) is 22.9 Å². The number of nitrogens with zero attached hydrogens (tertiary/aromatic N) is 1. The molecule has 26 heavy (non-hydrogen) atoms. The fourth-order valence-corrected chi connectivity index (χ4v) is 3.70. The molecule has 3 rings (SSSR count). The first-order chi connectivity index (χ1) is 12.6. The molecule has 0 bridgehead atoms. The average Bonchev–Trinajstić information content (AvgIpc) is 2.65. The number of hydrogen-bond acceptors (Lipinski definition) is 3. The van der Waals surface area contributed by atoms with Crippen LogP contribution in [-0.4, -0.2) is 41.1 Å². The van der Waals surface area contributed by atoms with Crippen molar-refractivity contribution in [2.75, 3.05) is 13.2 Å². The number of rotatable bonds is 6. The van der Waals surface area contributed by atoms with E-state index in [-0.39, 0.29) is 11.9 Å². The van der Waals surface area contributed by atoms with Crippen LogP contribution in [0, 0.1) is 5.92 Å². The molecule has 1 amide bonds. The van der Waals surface area contributed by atoms with Crippen LogP contribution in [0.3, 0.4) is 0 Å². The SMILES string of the molecule is C[C@@H]1[C@H](C(=O)O)CCCN1C(=O)CCCOc1cccc2ccccc12. The van der Waals surface area contributed by atoms with Crippen LogP contribution in [0.2, 0.25) is 0 Å². The number of ether oxygens (including phenoxy) is 1. The van der Waals surface area contributed by atoms with Crippen LogP contribution in [0.4, 0.5) is 0 Å². The molecule has 2 aromatic carbocycles. The molecule has 2 aromatic rings. The second kappa shape index (κ2) is 8.21. The Morgan fingerprint density at radius 2 is 1.96 bits per heavy atom. The van der Waals surface area contributed by atoms with Crippen LogP contribution in [0.5, 0.6) is 5.75 Å². The summed E-state index contributed by atoms with van der Waals surface area (Å²) < 4.78 is 5.88. The highest BCUT2D eigenvalue weighted by molar-refractivity contribution is 5.88. The van der Waals surface area contributed by atoms with E-state index in [1.54, 1.807) is 4.90 Å². The van der Waals surface area contributed by atoms with Gasteiger partial charge in [-0.3, -0.25) is 9.59 Å². The molecule has 5 nitrogen and oxygen atoms in total. The molecule has 1 heterocycles. The van der Waals surface area contributed by atoms with Gasteiger partial charge in [0.2, 0.25) is 5.91 Å². The van der Waals surface area contributed by atoms with Crippen molar-refractivity contribution in [3.8, 4) is 5.75 Å². The van der Waals surface area contributed by atoms with Crippen LogP contribution in [0.25, 0.3) is 10.8 Å². The van der Waals surface area contributed by atoms with Gasteiger partial charge in [-0.05, 0) is 37.6 Å². The van der Waals surface area contributed by atoms with Crippen molar-refractivity contribution >= 4 is 22.6 Å². The van der Waals surface area contributed by atoms with Crippen LogP contribution >= 0.6 is 0 Å². The summed E-state index contributed by atoms with van der Waals surface area (Å²) in [5.74, 6) is -0.424. The fraction of sp³-hybridized carbons (Fsp3) is 0.429. The van der Waals surface area contributed by atoms with E-state index in [4.69, 9.17) is 4.74 Å². The molecule has 1 N–H and O–H groups in total. The third-order valence-corrected chi connectivity index (χ3v) is 5.17. The van der Waals surface area contributed by atoms with Crippen LogP contribution in [0.15, 0.2) is 42.5 Å². The molecule has 1 saturated heterocycles. The van der Waals surface area contributed by atoms with Gasteiger partial charge in [0.25, 0.3) is 0 Å². The normalized spacial score (nSPS) is 20.1. The second-order valence-corrected chi connectivity index (χ2v) is 6.84. The zero-order chi connectivity index (χ0) is 18.5. The molecule has 1 fully saturated rings. The highest BCUT2D eigenvalue weighted by atomic mass is 16.5. The standard InChI is InChI=1S/C21H25NO4/c1-15-17(21(24)25)10-5-13-22(15)20(23)12-6-14-26-19-11-4-8-16-7-2-3-9-18(16)19/h2-4,7-9,11,15,17H,5-6,10,12-14H2,1H3,(H,24,25)/t15-,17-/m1/s1. The minimum Gasteiger partial charge on any atom is -0.493 e. The minimum atomic E-state index is -0.811. The van der Waals surface area contributed by atoms with Gasteiger partial charge in [-0.15, -0.1) is 0 Å². The van der Waals surface area contributed by atoms with E-state index in [0.29, 0.717) is 32.4 Å². The predicted octanol–water partition coefficient (Wildman–Crippen LogP) is 3.71. The molecule has 0 unspecified atom stereocenters. The van der Waals surface area contributed by atoms with Gasteiger partial charge in [0.1, 0.15) is 5.75 Å². The lowest BCUT2D eigenvalue weighted by molar-refractivity contribution is -0.149. The summed E-state index contributed by atoms with van der Waals surface area (Å²) in [6.45, 7) is 2.95. The number of carboxylic acid groups (broad SMARTS) is 1. The first-order valence-corrected chi connectivity index (χ1v) is 9.21. The number of carboxylic acids is 1. The third kappa shape index (κ3) is 3.98. The Labute approximate surface area is 153 Å². The van der Waals surface area contributed by atoms with Gasteiger partial charge in [0.05, 0.1) is 12.5 Å². The van der Waals surface area contributed by atoms with Crippen molar-refractivity contribution in [3.05, 3.63) is 42.5 Å². The third-order valence-electron chi connectivity index (χ3n) is 5.17. The number of amides is 1. The van der Waals surface area contributed by atoms with Crippen LogP contribution in [0.1, 0.15) is 32.6 Å². The molecule has 1 aliphatic rings. The minimum absolute atomic E-state index is 0.0185. The highest BCUT2D eigenvalue weighted by Gasteiger charge is 2.34. The Bertz CT molecular complexity index is 783. The van der Waals surface area contributed by atoms with Crippen molar-refractivity contribution in [2.24, 2.45) is 5.92 Å². The van der Waals surface area contributed by atoms with Gasteiger partial charge >= 0.3 is 5.97 Å². The molecule has 0 radical (unpaired) electrons. The number of carbonyl (C=O) groups is 2. The first kappa shape index (κ1) is 18.2. The number of hydrogen-bond donors (Lipinski definition) is 1. The first-order valence-electron chi connectivity index (χ1n) is 9.21. The summed E-state index contributed by atoms with van der Waals surface area (Å²) in [6.07, 6.45) is 2.38. The molecule has 138 valence electrons. The van der Waals surface area contributed by atoms with E-state index in [9.17, 15) is 14.7 Å². The summed E-state index contributed by atoms with van der Waals surface area (Å²) in [5.41, 5.74) is 0. The summed E-state index contributed by atoms with van der Waals surface area (Å²) in [7, 11) is 0. The second-order valence-electron chi connectivity index (χ2n) is 6.84. The summed E-state index contributed by atoms with van der Waals surface area (Å²) >= 11 is 0. The molecular weight excluding hydrogens is 330 g/mol. The molecular formula is C21H25NO4. The van der Waals surface area contributed by atoms with Crippen molar-refractivity contribution in [1.82, 2.24) is 4.90 Å². The van der Waals surface area contributed by atoms with E-state index < -0.39 is 11.9 Å². The maximum absolute atomic E-state index is 12.5. The smallest absolute Gasteiger partial charge is 0.308 e. The Kier molecular flexibility index (Phi) is 5.76. The zero-order valence-corrected chi connectivity index (χ0v) is 15.1. The lowest BCUT2D eigenvalue weighted by Crippen LogP contribution is -2.49. The van der Waals surface area contributed by atoms with E-state index in [2.05, 4.69) is 0 Å².